The van der Waals surface area contributed by atoms with Crippen molar-refractivity contribution in [1.29, 1.82) is 0 Å². The summed E-state index contributed by atoms with van der Waals surface area (Å²) in [5, 5.41) is 0. The van der Waals surface area contributed by atoms with Crippen molar-refractivity contribution in [3.05, 3.63) is 18.2 Å². The largest absolute Gasteiger partial charge is 0.245 e. The minimum Gasteiger partial charge on any atom is -0.229 e. The minimum absolute atomic E-state index is 0.0376. The fourth-order valence-electron chi connectivity index (χ4n) is 2.84. The molecule has 0 aliphatic carbocycles. The van der Waals surface area contributed by atoms with Crippen LogP contribution in [0.1, 0.15) is 19.8 Å². The Hall–Kier alpha value is -1.10. The van der Waals surface area contributed by atoms with E-state index in [1.807, 2.05) is 6.92 Å². The predicted octanol–water partition coefficient (Wildman–Crippen LogP) is 1.28. The summed E-state index contributed by atoms with van der Waals surface area (Å²) in [5.74, 6) is -0.0760. The van der Waals surface area contributed by atoms with Gasteiger partial charge in [0.1, 0.15) is 15.9 Å². The number of rotatable bonds is 5. The van der Waals surface area contributed by atoms with Crippen molar-refractivity contribution in [3.63, 3.8) is 0 Å². The van der Waals surface area contributed by atoms with Crippen molar-refractivity contribution in [2.45, 2.75) is 30.7 Å². The average molecular weight is 375 g/mol. The summed E-state index contributed by atoms with van der Waals surface area (Å²) in [6.45, 7) is 2.16. The average Bonchev–Trinajstić information content (AvgIpc) is 3.09. The molecular weight excluding hydrogens is 358 g/mol. The van der Waals surface area contributed by atoms with Crippen molar-refractivity contribution in [1.82, 2.24) is 13.1 Å². The van der Waals surface area contributed by atoms with Crippen LogP contribution in [0, 0.1) is 0 Å². The molecule has 0 radical (unpaired) electrons. The molecule has 0 bridgehead atoms. The molecule has 7 nitrogen and oxygen atoms in total. The summed E-state index contributed by atoms with van der Waals surface area (Å²) in [4.78, 5) is 0.0986. The topological polar surface area (TPSA) is 97.3 Å². The molecule has 1 aromatic carbocycles. The number of sulfone groups is 1. The van der Waals surface area contributed by atoms with E-state index in [9.17, 15) is 16.8 Å². The van der Waals surface area contributed by atoms with Gasteiger partial charge in [-0.15, -0.1) is 0 Å². The second kappa shape index (κ2) is 6.08. The number of sulfonamides is 1. The lowest BCUT2D eigenvalue weighted by atomic mass is 10.2. The van der Waals surface area contributed by atoms with Gasteiger partial charge in [-0.05, 0) is 25.0 Å². The molecule has 2 aromatic rings. The molecule has 1 aliphatic heterocycles. The zero-order valence-corrected chi connectivity index (χ0v) is 15.0. The molecule has 1 aromatic heterocycles. The predicted molar refractivity (Wildman–Crippen MR) is 88.7 cm³/mol. The Morgan fingerprint density at radius 3 is 2.78 bits per heavy atom. The van der Waals surface area contributed by atoms with Gasteiger partial charge in [0, 0.05) is 12.6 Å². The van der Waals surface area contributed by atoms with E-state index < -0.39 is 25.9 Å². The highest BCUT2D eigenvalue weighted by Gasteiger charge is 2.39. The van der Waals surface area contributed by atoms with Gasteiger partial charge in [0.25, 0.3) is 0 Å². The second-order valence-electron chi connectivity index (χ2n) is 5.56. The Labute approximate surface area is 139 Å². The van der Waals surface area contributed by atoms with Gasteiger partial charge in [-0.2, -0.15) is 13.1 Å². The summed E-state index contributed by atoms with van der Waals surface area (Å²) >= 11 is 0.961. The maximum atomic E-state index is 13.1. The van der Waals surface area contributed by atoms with Gasteiger partial charge < -0.3 is 0 Å². The highest BCUT2D eigenvalue weighted by molar-refractivity contribution is 7.92. The maximum absolute atomic E-state index is 13.1. The summed E-state index contributed by atoms with van der Waals surface area (Å²) in [6.07, 6.45) is 0.952. The number of hydrogen-bond acceptors (Lipinski definition) is 7. The molecule has 2 heterocycles. The number of hydrogen-bond donors (Lipinski definition) is 0. The lowest BCUT2D eigenvalue weighted by molar-refractivity contribution is 0.340. The SMILES string of the molecule is CCCN(C1CCS(=O)(=O)C1)S(=O)(=O)c1cccc2nsnc12. The molecule has 126 valence electrons. The summed E-state index contributed by atoms with van der Waals surface area (Å²) in [7, 11) is -6.99. The fraction of sp³-hybridized carbons (Fsp3) is 0.538. The third kappa shape index (κ3) is 3.12. The first kappa shape index (κ1) is 16.7. The Morgan fingerprint density at radius 1 is 1.35 bits per heavy atom. The van der Waals surface area contributed by atoms with Gasteiger partial charge in [-0.3, -0.25) is 0 Å². The van der Waals surface area contributed by atoms with E-state index in [4.69, 9.17) is 0 Å². The van der Waals surface area contributed by atoms with Crippen molar-refractivity contribution < 1.29 is 16.8 Å². The van der Waals surface area contributed by atoms with Crippen LogP contribution >= 0.6 is 11.7 Å². The number of aromatic nitrogens is 2. The minimum atomic E-state index is -3.82. The van der Waals surface area contributed by atoms with E-state index in [1.165, 1.54) is 10.4 Å². The lowest BCUT2D eigenvalue weighted by Crippen LogP contribution is -2.41. The number of fused-ring (bicyclic) bond motifs is 1. The van der Waals surface area contributed by atoms with E-state index in [0.29, 0.717) is 23.9 Å². The van der Waals surface area contributed by atoms with Gasteiger partial charge in [0.05, 0.1) is 23.2 Å². The van der Waals surface area contributed by atoms with E-state index in [-0.39, 0.29) is 22.9 Å². The smallest absolute Gasteiger partial charge is 0.229 e. The standard InChI is InChI=1S/C13H17N3O4S3/c1-2-7-16(10-6-8-22(17,18)9-10)23(19,20)12-5-3-4-11-13(12)15-21-14-11/h3-5,10H,2,6-9H2,1H3. The van der Waals surface area contributed by atoms with Crippen molar-refractivity contribution >= 4 is 42.6 Å². The van der Waals surface area contributed by atoms with E-state index >= 15 is 0 Å². The Balaban J connectivity index is 2.06. The molecule has 1 unspecified atom stereocenters. The van der Waals surface area contributed by atoms with Crippen molar-refractivity contribution in [2.24, 2.45) is 0 Å². The van der Waals surface area contributed by atoms with E-state index in [1.54, 1.807) is 12.1 Å². The third-order valence-electron chi connectivity index (χ3n) is 3.90. The van der Waals surface area contributed by atoms with Crippen LogP contribution in [0.15, 0.2) is 23.1 Å². The Morgan fingerprint density at radius 2 is 2.13 bits per heavy atom. The highest BCUT2D eigenvalue weighted by atomic mass is 32.2. The van der Waals surface area contributed by atoms with Gasteiger partial charge in [-0.25, -0.2) is 16.8 Å². The van der Waals surface area contributed by atoms with Gasteiger partial charge in [0.2, 0.25) is 10.0 Å². The first-order valence-electron chi connectivity index (χ1n) is 7.29. The van der Waals surface area contributed by atoms with E-state index in [0.717, 1.165) is 11.7 Å². The third-order valence-corrected chi connectivity index (χ3v) is 8.17. The summed E-state index contributed by atoms with van der Waals surface area (Å²) in [5.41, 5.74) is 0.881. The van der Waals surface area contributed by atoms with Crippen molar-refractivity contribution in [3.8, 4) is 0 Å². The quantitative estimate of drug-likeness (QED) is 0.781. The monoisotopic (exact) mass is 375 g/mol. The zero-order chi connectivity index (χ0) is 16.7. The number of nitrogens with zero attached hydrogens (tertiary/aromatic N) is 3. The first-order chi connectivity index (χ1) is 10.8. The second-order valence-corrected chi connectivity index (χ2v) is 10.2. The van der Waals surface area contributed by atoms with Crippen LogP contribution in [-0.4, -0.2) is 54.0 Å². The number of benzene rings is 1. The Kier molecular flexibility index (Phi) is 4.43. The van der Waals surface area contributed by atoms with Crippen molar-refractivity contribution in [2.75, 3.05) is 18.1 Å². The molecular formula is C13H17N3O4S3. The van der Waals surface area contributed by atoms with Crippen LogP contribution in [0.5, 0.6) is 0 Å². The van der Waals surface area contributed by atoms with Crippen LogP contribution in [0.25, 0.3) is 11.0 Å². The van der Waals surface area contributed by atoms with Gasteiger partial charge >= 0.3 is 0 Å². The van der Waals surface area contributed by atoms with Crippen LogP contribution in [-0.2, 0) is 19.9 Å². The molecule has 10 heteroatoms. The van der Waals surface area contributed by atoms with Gasteiger partial charge in [-0.1, -0.05) is 13.0 Å². The maximum Gasteiger partial charge on any atom is 0.245 e. The first-order valence-corrected chi connectivity index (χ1v) is 11.3. The molecule has 0 N–H and O–H groups in total. The fourth-order valence-corrected chi connectivity index (χ4v) is 7.16. The molecule has 23 heavy (non-hydrogen) atoms. The van der Waals surface area contributed by atoms with Gasteiger partial charge in [0.15, 0.2) is 9.84 Å². The molecule has 1 saturated heterocycles. The van der Waals surface area contributed by atoms with E-state index in [2.05, 4.69) is 8.75 Å². The van der Waals surface area contributed by atoms with Crippen LogP contribution < -0.4 is 0 Å². The van der Waals surface area contributed by atoms with Crippen LogP contribution in [0.4, 0.5) is 0 Å². The molecule has 1 atom stereocenters. The summed E-state index contributed by atoms with van der Waals surface area (Å²) < 4.78 is 59.2. The lowest BCUT2D eigenvalue weighted by Gasteiger charge is -2.27. The molecule has 0 amide bonds. The van der Waals surface area contributed by atoms with Crippen LogP contribution in [0.2, 0.25) is 0 Å². The molecule has 1 fully saturated rings. The molecule has 3 rings (SSSR count). The van der Waals surface area contributed by atoms with Crippen LogP contribution in [0.3, 0.4) is 0 Å². The summed E-state index contributed by atoms with van der Waals surface area (Å²) in [6, 6.07) is 4.34. The normalized spacial score (nSPS) is 21.2. The molecule has 0 saturated carbocycles. The Bertz CT molecular complexity index is 921. The molecule has 1 aliphatic rings. The highest BCUT2D eigenvalue weighted by Crippen LogP contribution is 2.29. The zero-order valence-electron chi connectivity index (χ0n) is 12.5. The molecule has 0 spiro atoms.